The van der Waals surface area contributed by atoms with Crippen LogP contribution in [0.1, 0.15) is 40.0 Å². The summed E-state index contributed by atoms with van der Waals surface area (Å²) in [5.74, 6) is 0. The van der Waals surface area contributed by atoms with Gasteiger partial charge in [0.15, 0.2) is 0 Å². The fourth-order valence-corrected chi connectivity index (χ4v) is 1.51. The Morgan fingerprint density at radius 1 is 1.67 bits per heavy atom. The molecule has 0 aromatic carbocycles. The van der Waals surface area contributed by atoms with Crippen LogP contribution in [0.25, 0.3) is 0 Å². The van der Waals surface area contributed by atoms with Gasteiger partial charge in [0.05, 0.1) is 0 Å². The lowest BCUT2D eigenvalue weighted by Crippen LogP contribution is -2.09. The van der Waals surface area contributed by atoms with E-state index in [1.54, 1.807) is 5.57 Å². The van der Waals surface area contributed by atoms with Gasteiger partial charge in [0.25, 0.3) is 0 Å². The number of rotatable bonds is 1. The van der Waals surface area contributed by atoms with Crippen LogP contribution in [0.5, 0.6) is 0 Å². The van der Waals surface area contributed by atoms with Crippen LogP contribution in [0.4, 0.5) is 0 Å². The summed E-state index contributed by atoms with van der Waals surface area (Å²) in [7, 11) is 0. The van der Waals surface area contributed by atoms with Crippen LogP contribution >= 0.6 is 0 Å². The van der Waals surface area contributed by atoms with Crippen molar-refractivity contribution in [3.8, 4) is 0 Å². The predicted molar refractivity (Wildman–Crippen MR) is 41.4 cm³/mol. The van der Waals surface area contributed by atoms with Gasteiger partial charge in [-0.1, -0.05) is 31.9 Å². The second-order valence-corrected chi connectivity index (χ2v) is 3.60. The normalized spacial score (nSPS) is 34.8. The summed E-state index contributed by atoms with van der Waals surface area (Å²) in [6.07, 6.45) is 6.32. The highest BCUT2D eigenvalue weighted by molar-refractivity contribution is 5.10. The van der Waals surface area contributed by atoms with Gasteiger partial charge < -0.3 is 0 Å². The minimum Gasteiger partial charge on any atom is -0.0850 e. The minimum absolute atomic E-state index is 0.615. The third-order valence-electron chi connectivity index (χ3n) is 2.50. The highest BCUT2D eigenvalue weighted by atomic mass is 14.3. The zero-order chi connectivity index (χ0) is 6.91. The van der Waals surface area contributed by atoms with Gasteiger partial charge in [-0.25, -0.2) is 0 Å². The molecule has 0 aromatic heterocycles. The fraction of sp³-hybridized carbons (Fsp3) is 0.778. The molecule has 0 bridgehead atoms. The van der Waals surface area contributed by atoms with Crippen LogP contribution in [0.15, 0.2) is 11.6 Å². The molecule has 0 amide bonds. The third kappa shape index (κ3) is 1.35. The van der Waals surface area contributed by atoms with Gasteiger partial charge in [-0.3, -0.25) is 0 Å². The Balaban J connectivity index is 2.53. The molecule has 52 valence electrons. The standard InChI is InChI=1S/C9H16/c1-4-9(3)6-5-8(2)7-9/h5H,4,6-7H2,1-3H3. The second-order valence-electron chi connectivity index (χ2n) is 3.60. The van der Waals surface area contributed by atoms with E-state index in [2.05, 4.69) is 26.8 Å². The first kappa shape index (κ1) is 6.85. The molecule has 0 radical (unpaired) electrons. The van der Waals surface area contributed by atoms with Crippen molar-refractivity contribution >= 4 is 0 Å². The highest BCUT2D eigenvalue weighted by Gasteiger charge is 2.25. The SMILES string of the molecule is CCC1(C)CC=C(C)C1. The summed E-state index contributed by atoms with van der Waals surface area (Å²) in [5.41, 5.74) is 2.20. The Morgan fingerprint density at radius 3 is 2.56 bits per heavy atom. The average molecular weight is 124 g/mol. The summed E-state index contributed by atoms with van der Waals surface area (Å²) in [6, 6.07) is 0. The Kier molecular flexibility index (Phi) is 1.65. The highest BCUT2D eigenvalue weighted by Crippen LogP contribution is 2.39. The molecule has 0 nitrogen and oxygen atoms in total. The van der Waals surface area contributed by atoms with Gasteiger partial charge in [-0.15, -0.1) is 0 Å². The van der Waals surface area contributed by atoms with E-state index in [1.165, 1.54) is 19.3 Å². The van der Waals surface area contributed by atoms with Gasteiger partial charge in [0, 0.05) is 0 Å². The topological polar surface area (TPSA) is 0 Å². The first-order valence-electron chi connectivity index (χ1n) is 3.82. The predicted octanol–water partition coefficient (Wildman–Crippen LogP) is 3.14. The monoisotopic (exact) mass is 124 g/mol. The molecular weight excluding hydrogens is 108 g/mol. The molecule has 0 fully saturated rings. The molecule has 0 heteroatoms. The molecule has 1 aliphatic rings. The minimum atomic E-state index is 0.615. The summed E-state index contributed by atoms with van der Waals surface area (Å²) in [5, 5.41) is 0. The quantitative estimate of drug-likeness (QED) is 0.471. The average Bonchev–Trinajstić information content (AvgIpc) is 2.13. The number of allylic oxidation sites excluding steroid dienone is 2. The maximum atomic E-state index is 2.38. The molecule has 0 aliphatic heterocycles. The fourth-order valence-electron chi connectivity index (χ4n) is 1.51. The van der Waals surface area contributed by atoms with Crippen LogP contribution in [0.2, 0.25) is 0 Å². The van der Waals surface area contributed by atoms with Crippen molar-refractivity contribution in [1.82, 2.24) is 0 Å². The van der Waals surface area contributed by atoms with E-state index in [9.17, 15) is 0 Å². The lowest BCUT2D eigenvalue weighted by Gasteiger charge is -2.20. The van der Waals surface area contributed by atoms with Crippen molar-refractivity contribution in [3.05, 3.63) is 11.6 Å². The van der Waals surface area contributed by atoms with Crippen LogP contribution in [-0.4, -0.2) is 0 Å². The summed E-state index contributed by atoms with van der Waals surface area (Å²) in [4.78, 5) is 0. The van der Waals surface area contributed by atoms with Crippen molar-refractivity contribution in [3.63, 3.8) is 0 Å². The van der Waals surface area contributed by atoms with Crippen molar-refractivity contribution in [1.29, 1.82) is 0 Å². The number of hydrogen-bond acceptors (Lipinski definition) is 0. The first-order valence-corrected chi connectivity index (χ1v) is 3.82. The van der Waals surface area contributed by atoms with Crippen LogP contribution < -0.4 is 0 Å². The van der Waals surface area contributed by atoms with Crippen molar-refractivity contribution < 1.29 is 0 Å². The van der Waals surface area contributed by atoms with Gasteiger partial charge in [-0.05, 0) is 25.2 Å². The molecule has 0 saturated carbocycles. The van der Waals surface area contributed by atoms with Gasteiger partial charge in [0.2, 0.25) is 0 Å². The maximum Gasteiger partial charge on any atom is -0.0257 e. The van der Waals surface area contributed by atoms with Crippen LogP contribution in [-0.2, 0) is 0 Å². The summed E-state index contributed by atoms with van der Waals surface area (Å²) >= 11 is 0. The molecule has 1 rings (SSSR count). The molecule has 0 heterocycles. The van der Waals surface area contributed by atoms with Gasteiger partial charge in [0.1, 0.15) is 0 Å². The Bertz CT molecular complexity index is 133. The lowest BCUT2D eigenvalue weighted by atomic mass is 9.84. The molecular formula is C9H16. The van der Waals surface area contributed by atoms with E-state index < -0.39 is 0 Å². The van der Waals surface area contributed by atoms with E-state index in [1.807, 2.05) is 0 Å². The largest absolute Gasteiger partial charge is 0.0850 e. The zero-order valence-electron chi connectivity index (χ0n) is 6.70. The molecule has 0 N–H and O–H groups in total. The Labute approximate surface area is 58.0 Å². The first-order chi connectivity index (χ1) is 4.16. The smallest absolute Gasteiger partial charge is 0.0257 e. The van der Waals surface area contributed by atoms with Gasteiger partial charge in [-0.2, -0.15) is 0 Å². The third-order valence-corrected chi connectivity index (χ3v) is 2.50. The van der Waals surface area contributed by atoms with E-state index >= 15 is 0 Å². The molecule has 0 saturated heterocycles. The molecule has 1 atom stereocenters. The molecule has 1 aliphatic carbocycles. The van der Waals surface area contributed by atoms with E-state index in [4.69, 9.17) is 0 Å². The summed E-state index contributed by atoms with van der Waals surface area (Å²) in [6.45, 7) is 6.90. The van der Waals surface area contributed by atoms with Crippen LogP contribution in [0, 0.1) is 5.41 Å². The molecule has 0 spiro atoms. The Hall–Kier alpha value is -0.260. The zero-order valence-corrected chi connectivity index (χ0v) is 6.70. The molecule has 1 unspecified atom stereocenters. The van der Waals surface area contributed by atoms with Gasteiger partial charge >= 0.3 is 0 Å². The second kappa shape index (κ2) is 2.17. The molecule has 0 aromatic rings. The van der Waals surface area contributed by atoms with Crippen molar-refractivity contribution in [2.45, 2.75) is 40.0 Å². The van der Waals surface area contributed by atoms with Crippen molar-refractivity contribution in [2.75, 3.05) is 0 Å². The maximum absolute atomic E-state index is 2.38. The van der Waals surface area contributed by atoms with E-state index in [-0.39, 0.29) is 0 Å². The Morgan fingerprint density at radius 2 is 2.33 bits per heavy atom. The summed E-state index contributed by atoms with van der Waals surface area (Å²) < 4.78 is 0. The lowest BCUT2D eigenvalue weighted by molar-refractivity contribution is 0.334. The van der Waals surface area contributed by atoms with E-state index in [0.717, 1.165) is 0 Å². The van der Waals surface area contributed by atoms with Crippen LogP contribution in [0.3, 0.4) is 0 Å². The van der Waals surface area contributed by atoms with E-state index in [0.29, 0.717) is 5.41 Å². The number of hydrogen-bond donors (Lipinski definition) is 0. The van der Waals surface area contributed by atoms with Crippen molar-refractivity contribution in [2.24, 2.45) is 5.41 Å². The molecule has 9 heavy (non-hydrogen) atoms.